The van der Waals surface area contributed by atoms with E-state index in [0.29, 0.717) is 0 Å². The van der Waals surface area contributed by atoms with Crippen LogP contribution in [0.5, 0.6) is 0 Å². The van der Waals surface area contributed by atoms with Gasteiger partial charge in [-0.3, -0.25) is 0 Å². The Kier molecular flexibility index (Phi) is 8.02. The molecule has 0 atom stereocenters. The van der Waals surface area contributed by atoms with Crippen LogP contribution in [0.4, 0.5) is 17.1 Å². The molecular formula is C60H47NSi. The lowest BCUT2D eigenvalue weighted by Gasteiger charge is -2.28. The third-order valence-electron chi connectivity index (χ3n) is 13.9. The highest BCUT2D eigenvalue weighted by Gasteiger charge is 2.41. The van der Waals surface area contributed by atoms with Crippen molar-refractivity contribution in [2.75, 3.05) is 4.90 Å². The molecule has 296 valence electrons. The van der Waals surface area contributed by atoms with Crippen molar-refractivity contribution in [3.8, 4) is 33.4 Å². The van der Waals surface area contributed by atoms with E-state index in [0.717, 1.165) is 11.4 Å². The van der Waals surface area contributed by atoms with Crippen molar-refractivity contribution in [3.05, 3.63) is 200 Å². The average molecular weight is 810 g/mol. The molecule has 2 heteroatoms. The van der Waals surface area contributed by atoms with Gasteiger partial charge in [0, 0.05) is 17.1 Å². The third kappa shape index (κ3) is 5.60. The van der Waals surface area contributed by atoms with Gasteiger partial charge < -0.3 is 4.90 Å². The molecule has 1 aliphatic heterocycles. The maximum atomic E-state index is 2.58. The van der Waals surface area contributed by atoms with Gasteiger partial charge in [0.25, 0.3) is 0 Å². The molecule has 0 amide bonds. The number of anilines is 3. The Hall–Kier alpha value is -7.00. The Balaban J connectivity index is 1.02. The van der Waals surface area contributed by atoms with Crippen molar-refractivity contribution in [1.82, 2.24) is 0 Å². The second-order valence-corrected chi connectivity index (χ2v) is 23.3. The van der Waals surface area contributed by atoms with Crippen molar-refractivity contribution < 1.29 is 0 Å². The molecule has 0 saturated carbocycles. The Morgan fingerprint density at radius 2 is 0.903 bits per heavy atom. The van der Waals surface area contributed by atoms with Crippen LogP contribution in [0.2, 0.25) is 13.1 Å². The molecule has 1 nitrogen and oxygen atoms in total. The van der Waals surface area contributed by atoms with E-state index in [2.05, 4.69) is 233 Å². The molecule has 0 radical (unpaired) electrons. The van der Waals surface area contributed by atoms with Crippen LogP contribution in [0, 0.1) is 0 Å². The minimum atomic E-state index is -2.25. The normalized spacial score (nSPS) is 13.4. The van der Waals surface area contributed by atoms with E-state index in [1.165, 1.54) is 104 Å². The van der Waals surface area contributed by atoms with Crippen molar-refractivity contribution in [2.24, 2.45) is 0 Å². The summed E-state index contributed by atoms with van der Waals surface area (Å²) in [6, 6.07) is 73.3. The molecule has 0 N–H and O–H groups in total. The minimum Gasteiger partial charge on any atom is -0.310 e. The van der Waals surface area contributed by atoms with E-state index in [9.17, 15) is 0 Å². The summed E-state index contributed by atoms with van der Waals surface area (Å²) in [6.45, 7) is 12.0. The first kappa shape index (κ1) is 36.8. The zero-order valence-electron chi connectivity index (χ0n) is 35.9. The number of hydrogen-bond acceptors (Lipinski definition) is 1. The number of hydrogen-bond donors (Lipinski definition) is 0. The van der Waals surface area contributed by atoms with Crippen LogP contribution >= 0.6 is 0 Å². The van der Waals surface area contributed by atoms with Crippen molar-refractivity contribution in [2.45, 2.75) is 39.3 Å². The highest BCUT2D eigenvalue weighted by atomic mass is 28.3. The summed E-state index contributed by atoms with van der Waals surface area (Å²) in [4.78, 5) is 2.47. The summed E-state index contributed by atoms with van der Waals surface area (Å²) in [6.07, 6.45) is 0. The van der Waals surface area contributed by atoms with Gasteiger partial charge in [0.1, 0.15) is 8.07 Å². The predicted molar refractivity (Wildman–Crippen MR) is 272 cm³/mol. The summed E-state index contributed by atoms with van der Waals surface area (Å²) < 4.78 is 0. The van der Waals surface area contributed by atoms with Crippen LogP contribution in [-0.4, -0.2) is 8.07 Å². The molecule has 1 heterocycles. The van der Waals surface area contributed by atoms with Gasteiger partial charge in [-0.25, -0.2) is 0 Å². The smallest absolute Gasteiger partial charge is 0.114 e. The molecule has 0 aliphatic carbocycles. The van der Waals surface area contributed by atoms with Gasteiger partial charge in [0.15, 0.2) is 0 Å². The average Bonchev–Trinajstić information content (AvgIpc) is 3.54. The van der Waals surface area contributed by atoms with Gasteiger partial charge in [0.2, 0.25) is 0 Å². The third-order valence-corrected chi connectivity index (χ3v) is 17.4. The Morgan fingerprint density at radius 3 is 1.55 bits per heavy atom. The van der Waals surface area contributed by atoms with E-state index in [1.807, 2.05) is 0 Å². The largest absolute Gasteiger partial charge is 0.310 e. The first-order valence-corrected chi connectivity index (χ1v) is 25.0. The topological polar surface area (TPSA) is 3.24 Å². The van der Waals surface area contributed by atoms with E-state index in [4.69, 9.17) is 0 Å². The number of rotatable bonds is 5. The van der Waals surface area contributed by atoms with Gasteiger partial charge in [0.05, 0.1) is 0 Å². The van der Waals surface area contributed by atoms with Crippen LogP contribution in [0.15, 0.2) is 194 Å². The zero-order valence-corrected chi connectivity index (χ0v) is 36.9. The molecule has 0 bridgehead atoms. The van der Waals surface area contributed by atoms with Gasteiger partial charge in [-0.2, -0.15) is 0 Å². The molecular weight excluding hydrogens is 763 g/mol. The second kappa shape index (κ2) is 13.5. The summed E-state index contributed by atoms with van der Waals surface area (Å²) in [7, 11) is -2.25. The fourth-order valence-electron chi connectivity index (χ4n) is 10.7. The lowest BCUT2D eigenvalue weighted by Crippen LogP contribution is -2.49. The molecule has 12 rings (SSSR count). The van der Waals surface area contributed by atoms with Crippen molar-refractivity contribution >= 4 is 89.4 Å². The molecule has 11 aromatic rings. The second-order valence-electron chi connectivity index (χ2n) is 19.0. The quantitative estimate of drug-likeness (QED) is 0.124. The molecule has 0 fully saturated rings. The number of nitrogens with zero attached hydrogens (tertiary/aromatic N) is 1. The maximum absolute atomic E-state index is 2.58. The van der Waals surface area contributed by atoms with Crippen molar-refractivity contribution in [3.63, 3.8) is 0 Å². The first-order valence-electron chi connectivity index (χ1n) is 22.0. The standard InChI is InChI=1S/C60H47NSi/c1-60(2,3)46-28-24-41(25-29-46)40-20-22-42(23-21-40)54-36-45-16-10-18-52-56(45)57-50(54)17-11-19-53(57)59-58(52)51-33-32-49(37-55(51)62(59,4)5)61(47-30-26-38-12-6-8-14-43(38)34-47)48-31-27-39-13-7-9-15-44(39)35-48/h6-37H,1-5H3. The maximum Gasteiger partial charge on any atom is 0.114 e. The van der Waals surface area contributed by atoms with Crippen LogP contribution in [0.3, 0.4) is 0 Å². The first-order chi connectivity index (χ1) is 30.1. The molecule has 0 unspecified atom stereocenters. The van der Waals surface area contributed by atoms with E-state index >= 15 is 0 Å². The molecule has 0 saturated heterocycles. The van der Waals surface area contributed by atoms with Gasteiger partial charge in [-0.05, 0) is 151 Å². The van der Waals surface area contributed by atoms with Crippen LogP contribution in [0.1, 0.15) is 26.3 Å². The van der Waals surface area contributed by atoms with Crippen LogP contribution in [-0.2, 0) is 5.41 Å². The summed E-state index contributed by atoms with van der Waals surface area (Å²) in [5.41, 5.74) is 12.9. The predicted octanol–water partition coefficient (Wildman–Crippen LogP) is 15.8. The van der Waals surface area contributed by atoms with Gasteiger partial charge >= 0.3 is 0 Å². The highest BCUT2D eigenvalue weighted by Crippen LogP contribution is 2.47. The van der Waals surface area contributed by atoms with E-state index < -0.39 is 8.07 Å². The number of fused-ring (bicyclic) bond motifs is 7. The Bertz CT molecular complexity index is 3490. The van der Waals surface area contributed by atoms with Gasteiger partial charge in [-0.1, -0.05) is 186 Å². The summed E-state index contributed by atoms with van der Waals surface area (Å²) in [5.74, 6) is 0. The molecule has 11 aromatic carbocycles. The minimum absolute atomic E-state index is 0.137. The molecule has 62 heavy (non-hydrogen) atoms. The summed E-state index contributed by atoms with van der Waals surface area (Å²) in [5, 5.41) is 16.2. The van der Waals surface area contributed by atoms with E-state index in [-0.39, 0.29) is 5.41 Å². The van der Waals surface area contributed by atoms with Crippen LogP contribution < -0.4 is 15.3 Å². The fraction of sp³-hybridized carbons (Fsp3) is 0.100. The number of benzene rings is 11. The van der Waals surface area contributed by atoms with Gasteiger partial charge in [-0.15, -0.1) is 0 Å². The SMILES string of the molecule is CC(C)(C)c1ccc(-c2ccc(-c3cc4cccc5c6c(c7cccc3c7c45)[Si](C)(C)c3cc(N(c4ccc5ccccc5c4)c4ccc5ccccc5c4)ccc3-6)cc2)cc1. The monoisotopic (exact) mass is 809 g/mol. The molecule has 1 aliphatic rings. The van der Waals surface area contributed by atoms with Crippen LogP contribution in [0.25, 0.3) is 87.2 Å². The molecule has 0 aromatic heterocycles. The lowest BCUT2D eigenvalue weighted by atomic mass is 9.85. The van der Waals surface area contributed by atoms with Crippen molar-refractivity contribution in [1.29, 1.82) is 0 Å². The Labute approximate surface area is 364 Å². The highest BCUT2D eigenvalue weighted by molar-refractivity contribution is 7.05. The Morgan fingerprint density at radius 1 is 0.387 bits per heavy atom. The fourth-order valence-corrected chi connectivity index (χ4v) is 14.2. The van der Waals surface area contributed by atoms with E-state index in [1.54, 1.807) is 5.19 Å². The molecule has 0 spiro atoms. The zero-order chi connectivity index (χ0) is 41.9. The summed E-state index contributed by atoms with van der Waals surface area (Å²) >= 11 is 0. The lowest BCUT2D eigenvalue weighted by molar-refractivity contribution is 0.590.